The van der Waals surface area contributed by atoms with E-state index in [9.17, 15) is 13.2 Å². The van der Waals surface area contributed by atoms with Crippen LogP contribution >= 0.6 is 11.3 Å². The van der Waals surface area contributed by atoms with E-state index in [1.54, 1.807) is 0 Å². The van der Waals surface area contributed by atoms with Crippen molar-refractivity contribution in [2.45, 2.75) is 52.3 Å². The van der Waals surface area contributed by atoms with Gasteiger partial charge in [0.25, 0.3) is 0 Å². The Kier molecular flexibility index (Phi) is 3.93. The molecule has 0 fully saturated rings. The Morgan fingerprint density at radius 1 is 1.42 bits per heavy atom. The predicted octanol–water partition coefficient (Wildman–Crippen LogP) is 4.18. The van der Waals surface area contributed by atoms with Gasteiger partial charge in [0.05, 0.1) is 5.69 Å². The molecule has 0 spiro atoms. The van der Waals surface area contributed by atoms with E-state index in [0.29, 0.717) is 12.1 Å². The summed E-state index contributed by atoms with van der Waals surface area (Å²) in [6.45, 7) is 7.04. The van der Waals surface area contributed by atoms with E-state index in [1.807, 2.05) is 0 Å². The second-order valence-electron chi connectivity index (χ2n) is 5.88. The van der Waals surface area contributed by atoms with E-state index in [2.05, 4.69) is 31.1 Å². The first-order chi connectivity index (χ1) is 8.73. The second-order valence-corrected chi connectivity index (χ2v) is 6.91. The molecule has 0 saturated carbocycles. The summed E-state index contributed by atoms with van der Waals surface area (Å²) in [7, 11) is 0. The van der Waals surface area contributed by atoms with Crippen LogP contribution < -0.4 is 5.32 Å². The molecule has 19 heavy (non-hydrogen) atoms. The molecule has 0 aliphatic heterocycles. The first-order valence-electron chi connectivity index (χ1n) is 6.53. The van der Waals surface area contributed by atoms with Gasteiger partial charge in [-0.3, -0.25) is 0 Å². The summed E-state index contributed by atoms with van der Waals surface area (Å²) in [5.74, 6) is 0. The van der Waals surface area contributed by atoms with Gasteiger partial charge < -0.3 is 5.32 Å². The Labute approximate surface area is 115 Å². The smallest absolute Gasteiger partial charge is 0.309 e. The molecule has 1 aliphatic carbocycles. The number of aromatic nitrogens is 1. The maximum atomic E-state index is 12.8. The number of alkyl halides is 3. The quantitative estimate of drug-likeness (QED) is 0.904. The molecule has 1 N–H and O–H groups in total. The van der Waals surface area contributed by atoms with Crippen LogP contribution in [0, 0.1) is 5.41 Å². The first-order valence-corrected chi connectivity index (χ1v) is 7.35. The number of rotatable bonds is 3. The summed E-state index contributed by atoms with van der Waals surface area (Å²) >= 11 is 0.803. The highest BCUT2D eigenvalue weighted by atomic mass is 32.1. The zero-order valence-electron chi connectivity index (χ0n) is 11.4. The minimum absolute atomic E-state index is 0.00461. The molecular weight excluding hydrogens is 273 g/mol. The van der Waals surface area contributed by atoms with Gasteiger partial charge in [-0.25, -0.2) is 4.98 Å². The molecule has 0 amide bonds. The lowest BCUT2D eigenvalue weighted by molar-refractivity contribution is -0.137. The third kappa shape index (κ3) is 3.28. The van der Waals surface area contributed by atoms with Crippen molar-refractivity contribution in [3.63, 3.8) is 0 Å². The van der Waals surface area contributed by atoms with E-state index in [1.165, 1.54) is 0 Å². The summed E-state index contributed by atoms with van der Waals surface area (Å²) in [5.41, 5.74) is 0.622. The fourth-order valence-electron chi connectivity index (χ4n) is 2.54. The van der Waals surface area contributed by atoms with Crippen LogP contribution in [0.1, 0.15) is 55.2 Å². The Morgan fingerprint density at radius 3 is 2.68 bits per heavy atom. The van der Waals surface area contributed by atoms with Crippen molar-refractivity contribution in [1.29, 1.82) is 0 Å². The lowest BCUT2D eigenvalue weighted by Crippen LogP contribution is -2.33. The van der Waals surface area contributed by atoms with Crippen molar-refractivity contribution in [2.24, 2.45) is 5.41 Å². The van der Waals surface area contributed by atoms with E-state index < -0.39 is 11.2 Å². The molecule has 0 radical (unpaired) electrons. The monoisotopic (exact) mass is 292 g/mol. The average molecular weight is 292 g/mol. The van der Waals surface area contributed by atoms with Crippen LogP contribution in [-0.4, -0.2) is 11.5 Å². The lowest BCUT2D eigenvalue weighted by Gasteiger charge is -2.34. The molecule has 1 unspecified atom stereocenters. The van der Waals surface area contributed by atoms with Gasteiger partial charge in [0.1, 0.15) is 0 Å². The highest BCUT2D eigenvalue weighted by Gasteiger charge is 2.40. The maximum absolute atomic E-state index is 12.8. The Bertz CT molecular complexity index is 451. The fourth-order valence-corrected chi connectivity index (χ4v) is 3.56. The molecule has 108 valence electrons. The highest BCUT2D eigenvalue weighted by Crippen LogP contribution is 2.45. The first kappa shape index (κ1) is 14.8. The van der Waals surface area contributed by atoms with Gasteiger partial charge in [0, 0.05) is 10.9 Å². The molecular formula is C13H19F3N2S. The van der Waals surface area contributed by atoms with Crippen LogP contribution in [0.3, 0.4) is 0 Å². The van der Waals surface area contributed by atoms with E-state index in [4.69, 9.17) is 0 Å². The second kappa shape index (κ2) is 5.05. The van der Waals surface area contributed by atoms with Crippen LogP contribution in [0.15, 0.2) is 0 Å². The Balaban J connectivity index is 2.33. The number of thiazole rings is 1. The topological polar surface area (TPSA) is 24.9 Å². The zero-order valence-corrected chi connectivity index (χ0v) is 12.2. The van der Waals surface area contributed by atoms with Gasteiger partial charge in [0.15, 0.2) is 5.01 Å². The van der Waals surface area contributed by atoms with E-state index >= 15 is 0 Å². The van der Waals surface area contributed by atoms with Crippen LogP contribution in [0.25, 0.3) is 0 Å². The molecule has 1 aromatic heterocycles. The molecule has 0 saturated heterocycles. The van der Waals surface area contributed by atoms with E-state index in [-0.39, 0.29) is 11.5 Å². The zero-order chi connectivity index (χ0) is 14.3. The van der Waals surface area contributed by atoms with Crippen molar-refractivity contribution in [1.82, 2.24) is 10.3 Å². The van der Waals surface area contributed by atoms with Crippen molar-refractivity contribution < 1.29 is 13.2 Å². The van der Waals surface area contributed by atoms with Crippen LogP contribution in [0.5, 0.6) is 0 Å². The SMILES string of the molecule is CCCNC1CC(C)(C)Cc2nc(C(F)(F)F)sc21. The molecule has 0 aromatic carbocycles. The number of fused-ring (bicyclic) bond motifs is 1. The van der Waals surface area contributed by atoms with Crippen molar-refractivity contribution in [2.75, 3.05) is 6.54 Å². The van der Waals surface area contributed by atoms with Gasteiger partial charge in [-0.05, 0) is 31.2 Å². The summed E-state index contributed by atoms with van der Waals surface area (Å²) in [4.78, 5) is 4.61. The van der Waals surface area contributed by atoms with Gasteiger partial charge in [-0.1, -0.05) is 20.8 Å². The Hall–Kier alpha value is -0.620. The Morgan fingerprint density at radius 2 is 2.11 bits per heavy atom. The maximum Gasteiger partial charge on any atom is 0.443 e. The third-order valence-corrected chi connectivity index (χ3v) is 4.59. The number of hydrogen-bond donors (Lipinski definition) is 1. The summed E-state index contributed by atoms with van der Waals surface area (Å²) in [5, 5.41) is 2.64. The molecule has 1 heterocycles. The van der Waals surface area contributed by atoms with E-state index in [0.717, 1.165) is 35.6 Å². The highest BCUT2D eigenvalue weighted by molar-refractivity contribution is 7.12. The van der Waals surface area contributed by atoms with Crippen LogP contribution in [-0.2, 0) is 12.6 Å². The third-order valence-electron chi connectivity index (χ3n) is 3.33. The minimum Gasteiger partial charge on any atom is -0.309 e. The minimum atomic E-state index is -4.33. The van der Waals surface area contributed by atoms with Crippen LogP contribution in [0.4, 0.5) is 13.2 Å². The van der Waals surface area contributed by atoms with Crippen molar-refractivity contribution in [3.8, 4) is 0 Å². The number of nitrogens with zero attached hydrogens (tertiary/aromatic N) is 1. The number of hydrogen-bond acceptors (Lipinski definition) is 3. The summed E-state index contributed by atoms with van der Waals surface area (Å²) in [6.07, 6.45) is -1.88. The normalized spacial score (nSPS) is 22.3. The predicted molar refractivity (Wildman–Crippen MR) is 70.3 cm³/mol. The lowest BCUT2D eigenvalue weighted by atomic mass is 9.76. The standard InChI is InChI=1S/C13H19F3N2S/c1-4-5-17-8-6-12(2,3)7-9-10(8)19-11(18-9)13(14,15)16/h8,17H,4-7H2,1-3H3. The van der Waals surface area contributed by atoms with Crippen LogP contribution in [0.2, 0.25) is 0 Å². The number of halogens is 3. The molecule has 1 aromatic rings. The summed E-state index contributed by atoms with van der Waals surface area (Å²) in [6, 6.07) is 0.00676. The average Bonchev–Trinajstić information content (AvgIpc) is 2.67. The largest absolute Gasteiger partial charge is 0.443 e. The van der Waals surface area contributed by atoms with Gasteiger partial charge in [-0.2, -0.15) is 13.2 Å². The summed E-state index contributed by atoms with van der Waals surface area (Å²) < 4.78 is 38.3. The molecule has 6 heteroatoms. The number of nitrogens with one attached hydrogen (secondary N) is 1. The van der Waals surface area contributed by atoms with Gasteiger partial charge in [-0.15, -0.1) is 11.3 Å². The molecule has 2 rings (SSSR count). The van der Waals surface area contributed by atoms with Gasteiger partial charge >= 0.3 is 6.18 Å². The van der Waals surface area contributed by atoms with Crippen molar-refractivity contribution in [3.05, 3.63) is 15.6 Å². The molecule has 1 aliphatic rings. The fraction of sp³-hybridized carbons (Fsp3) is 0.769. The van der Waals surface area contributed by atoms with Crippen molar-refractivity contribution >= 4 is 11.3 Å². The molecule has 1 atom stereocenters. The van der Waals surface area contributed by atoms with Gasteiger partial charge in [0.2, 0.25) is 0 Å². The molecule has 2 nitrogen and oxygen atoms in total. The molecule has 0 bridgehead atoms.